The molecule has 0 aromatic carbocycles. The molecule has 2 aliphatic carbocycles. The molecule has 4 nitrogen and oxygen atoms in total. The van der Waals surface area contributed by atoms with E-state index >= 15 is 0 Å². The summed E-state index contributed by atoms with van der Waals surface area (Å²) in [4.78, 5) is 7.45. The molecule has 20 heavy (non-hydrogen) atoms. The zero-order valence-corrected chi connectivity index (χ0v) is 12.5. The van der Waals surface area contributed by atoms with E-state index in [-0.39, 0.29) is 6.61 Å². The zero-order chi connectivity index (χ0) is 14.1. The van der Waals surface area contributed by atoms with Gasteiger partial charge in [-0.25, -0.2) is 4.98 Å². The van der Waals surface area contributed by atoms with Crippen molar-refractivity contribution in [3.8, 4) is 0 Å². The average molecular weight is 291 g/mol. The second kappa shape index (κ2) is 5.66. The van der Waals surface area contributed by atoms with Crippen molar-refractivity contribution in [2.24, 2.45) is 5.73 Å². The van der Waals surface area contributed by atoms with Crippen LogP contribution in [0.1, 0.15) is 42.5 Å². The van der Waals surface area contributed by atoms with Crippen molar-refractivity contribution >= 4 is 23.0 Å². The average Bonchev–Trinajstić information content (AvgIpc) is 3.28. The van der Waals surface area contributed by atoms with Crippen molar-refractivity contribution in [2.75, 3.05) is 18.1 Å². The van der Waals surface area contributed by atoms with Crippen LogP contribution in [0.4, 0.5) is 5.82 Å². The Bertz CT molecular complexity index is 528. The molecular weight excluding hydrogens is 270 g/mol. The molecule has 0 atom stereocenters. The van der Waals surface area contributed by atoms with E-state index in [1.165, 1.54) is 24.1 Å². The summed E-state index contributed by atoms with van der Waals surface area (Å²) >= 11 is 5.21. The van der Waals surface area contributed by atoms with E-state index in [2.05, 4.69) is 11.0 Å². The molecule has 0 amide bonds. The second-order valence-electron chi connectivity index (χ2n) is 5.68. The standard InChI is InChI=1S/C15H21N3OS/c16-14(20)12-9-10-3-1-2-4-13(10)17-15(12)18(7-8-19)11-5-6-11/h9,11,19H,1-8H2,(H2,16,20). The summed E-state index contributed by atoms with van der Waals surface area (Å²) in [5, 5.41) is 9.31. The molecule has 2 aliphatic rings. The van der Waals surface area contributed by atoms with Gasteiger partial charge < -0.3 is 15.7 Å². The number of aryl methyl sites for hydroxylation is 2. The number of hydrogen-bond donors (Lipinski definition) is 2. The number of aliphatic hydroxyl groups is 1. The summed E-state index contributed by atoms with van der Waals surface area (Å²) in [5.74, 6) is 0.884. The second-order valence-corrected chi connectivity index (χ2v) is 6.12. The predicted octanol–water partition coefficient (Wildman–Crippen LogP) is 1.56. The van der Waals surface area contributed by atoms with Crippen LogP contribution in [-0.2, 0) is 12.8 Å². The molecule has 3 N–H and O–H groups in total. The maximum absolute atomic E-state index is 9.31. The molecule has 0 radical (unpaired) electrons. The minimum atomic E-state index is 0.131. The molecular formula is C15H21N3OS. The van der Waals surface area contributed by atoms with E-state index in [1.807, 2.05) is 0 Å². The summed E-state index contributed by atoms with van der Waals surface area (Å²) in [6.07, 6.45) is 6.85. The highest BCUT2D eigenvalue weighted by atomic mass is 32.1. The minimum absolute atomic E-state index is 0.131. The number of aromatic nitrogens is 1. The first kappa shape index (κ1) is 13.8. The molecule has 1 aromatic rings. The Morgan fingerprint density at radius 2 is 2.15 bits per heavy atom. The van der Waals surface area contributed by atoms with Gasteiger partial charge in [0, 0.05) is 18.3 Å². The Labute approximate surface area is 125 Å². The first-order chi connectivity index (χ1) is 9.70. The summed E-state index contributed by atoms with van der Waals surface area (Å²) < 4.78 is 0. The minimum Gasteiger partial charge on any atom is -0.395 e. The van der Waals surface area contributed by atoms with Gasteiger partial charge in [-0.2, -0.15) is 0 Å². The number of pyridine rings is 1. The lowest BCUT2D eigenvalue weighted by Crippen LogP contribution is -2.32. The van der Waals surface area contributed by atoms with Gasteiger partial charge in [0.15, 0.2) is 0 Å². The number of nitrogens with zero attached hydrogens (tertiary/aromatic N) is 2. The lowest BCUT2D eigenvalue weighted by molar-refractivity contribution is 0.301. The maximum Gasteiger partial charge on any atom is 0.139 e. The van der Waals surface area contributed by atoms with E-state index in [1.54, 1.807) is 0 Å². The summed E-state index contributed by atoms with van der Waals surface area (Å²) in [6, 6.07) is 2.62. The lowest BCUT2D eigenvalue weighted by Gasteiger charge is -2.27. The van der Waals surface area contributed by atoms with Crippen molar-refractivity contribution in [3.63, 3.8) is 0 Å². The van der Waals surface area contributed by atoms with Gasteiger partial charge in [0.2, 0.25) is 0 Å². The Morgan fingerprint density at radius 1 is 1.40 bits per heavy atom. The highest BCUT2D eigenvalue weighted by Crippen LogP contribution is 2.34. The summed E-state index contributed by atoms with van der Waals surface area (Å²) in [5.41, 5.74) is 9.26. The van der Waals surface area contributed by atoms with Gasteiger partial charge in [-0.15, -0.1) is 0 Å². The van der Waals surface area contributed by atoms with E-state index in [9.17, 15) is 5.11 Å². The van der Waals surface area contributed by atoms with Crippen LogP contribution in [0.5, 0.6) is 0 Å². The van der Waals surface area contributed by atoms with Crippen LogP contribution in [0.15, 0.2) is 6.07 Å². The van der Waals surface area contributed by atoms with E-state index in [4.69, 9.17) is 22.9 Å². The van der Waals surface area contributed by atoms with Gasteiger partial charge in [-0.3, -0.25) is 0 Å². The largest absolute Gasteiger partial charge is 0.395 e. The fraction of sp³-hybridized carbons (Fsp3) is 0.600. The molecule has 0 saturated heterocycles. The number of anilines is 1. The normalized spacial score (nSPS) is 17.6. The molecule has 1 saturated carbocycles. The highest BCUT2D eigenvalue weighted by molar-refractivity contribution is 7.80. The number of hydrogen-bond acceptors (Lipinski definition) is 4. The number of nitrogens with two attached hydrogens (primary N) is 1. The van der Waals surface area contributed by atoms with Gasteiger partial charge in [-0.1, -0.05) is 12.2 Å². The third kappa shape index (κ3) is 2.65. The van der Waals surface area contributed by atoms with Gasteiger partial charge in [0.05, 0.1) is 12.2 Å². The van der Waals surface area contributed by atoms with Crippen molar-refractivity contribution in [3.05, 3.63) is 22.9 Å². The monoisotopic (exact) mass is 291 g/mol. The maximum atomic E-state index is 9.31. The van der Waals surface area contributed by atoms with Gasteiger partial charge in [-0.05, 0) is 50.2 Å². The van der Waals surface area contributed by atoms with Crippen molar-refractivity contribution in [1.29, 1.82) is 0 Å². The van der Waals surface area contributed by atoms with E-state index in [0.29, 0.717) is 17.6 Å². The number of rotatable bonds is 5. The predicted molar refractivity (Wildman–Crippen MR) is 84.2 cm³/mol. The van der Waals surface area contributed by atoms with E-state index in [0.717, 1.165) is 37.1 Å². The van der Waals surface area contributed by atoms with Crippen molar-refractivity contribution in [1.82, 2.24) is 4.98 Å². The fourth-order valence-electron chi connectivity index (χ4n) is 2.98. The fourth-order valence-corrected chi connectivity index (χ4v) is 3.13. The van der Waals surface area contributed by atoms with Crippen LogP contribution < -0.4 is 10.6 Å². The topological polar surface area (TPSA) is 62.4 Å². The van der Waals surface area contributed by atoms with Crippen LogP contribution >= 0.6 is 12.2 Å². The molecule has 0 unspecified atom stereocenters. The van der Waals surface area contributed by atoms with Gasteiger partial charge in [0.1, 0.15) is 10.8 Å². The van der Waals surface area contributed by atoms with Crippen molar-refractivity contribution in [2.45, 2.75) is 44.6 Å². The molecule has 0 aliphatic heterocycles. The summed E-state index contributed by atoms with van der Waals surface area (Å²) in [7, 11) is 0. The molecule has 0 bridgehead atoms. The Hall–Kier alpha value is -1.20. The van der Waals surface area contributed by atoms with Crippen LogP contribution in [0.2, 0.25) is 0 Å². The molecule has 108 valence electrons. The number of thiocarbonyl (C=S) groups is 1. The van der Waals surface area contributed by atoms with E-state index < -0.39 is 0 Å². The zero-order valence-electron chi connectivity index (χ0n) is 11.6. The molecule has 1 aromatic heterocycles. The quantitative estimate of drug-likeness (QED) is 0.806. The number of fused-ring (bicyclic) bond motifs is 1. The van der Waals surface area contributed by atoms with Crippen molar-refractivity contribution < 1.29 is 5.11 Å². The smallest absolute Gasteiger partial charge is 0.139 e. The molecule has 0 spiro atoms. The molecule has 1 heterocycles. The Kier molecular flexibility index (Phi) is 3.89. The molecule has 5 heteroatoms. The molecule has 1 fully saturated rings. The van der Waals surface area contributed by atoms with Gasteiger partial charge >= 0.3 is 0 Å². The third-order valence-corrected chi connectivity index (χ3v) is 4.37. The SMILES string of the molecule is NC(=S)c1cc2c(nc1N(CCO)C1CC1)CCCC2. The van der Waals surface area contributed by atoms with Crippen LogP contribution in [-0.4, -0.2) is 34.3 Å². The van der Waals surface area contributed by atoms with Crippen LogP contribution in [0.3, 0.4) is 0 Å². The number of aliphatic hydroxyl groups excluding tert-OH is 1. The van der Waals surface area contributed by atoms with Crippen LogP contribution in [0, 0.1) is 0 Å². The van der Waals surface area contributed by atoms with Crippen LogP contribution in [0.25, 0.3) is 0 Å². The first-order valence-corrected chi connectivity index (χ1v) is 7.81. The molecule has 3 rings (SSSR count). The lowest BCUT2D eigenvalue weighted by atomic mass is 9.94. The Morgan fingerprint density at radius 3 is 2.80 bits per heavy atom. The third-order valence-electron chi connectivity index (χ3n) is 4.15. The summed E-state index contributed by atoms with van der Waals surface area (Å²) in [6.45, 7) is 0.734. The van der Waals surface area contributed by atoms with Gasteiger partial charge in [0.25, 0.3) is 0 Å². The highest BCUT2D eigenvalue weighted by Gasteiger charge is 2.32. The first-order valence-electron chi connectivity index (χ1n) is 7.41. The Balaban J connectivity index is 2.04.